The minimum Gasteiger partial charge on any atom is -0.494 e. The van der Waals surface area contributed by atoms with Gasteiger partial charge in [0.1, 0.15) is 11.9 Å². The van der Waals surface area contributed by atoms with Crippen molar-refractivity contribution in [1.82, 2.24) is 10.2 Å². The molecule has 0 bridgehead atoms. The van der Waals surface area contributed by atoms with Crippen LogP contribution in [0.15, 0.2) is 40.3 Å². The highest BCUT2D eigenvalue weighted by Gasteiger charge is 2.20. The number of piperidine rings is 1. The number of aromatic nitrogens is 2. The Morgan fingerprint density at radius 2 is 1.82 bits per heavy atom. The van der Waals surface area contributed by atoms with Gasteiger partial charge in [0.2, 0.25) is 0 Å². The lowest BCUT2D eigenvalue weighted by Crippen LogP contribution is -2.34. The van der Waals surface area contributed by atoms with Crippen LogP contribution in [0.1, 0.15) is 44.7 Å². The highest BCUT2D eigenvalue weighted by atomic mass is 16.5. The van der Waals surface area contributed by atoms with Crippen LogP contribution in [-0.4, -0.2) is 36.1 Å². The van der Waals surface area contributed by atoms with Gasteiger partial charge in [-0.25, -0.2) is 0 Å². The van der Waals surface area contributed by atoms with Gasteiger partial charge in [0, 0.05) is 19.2 Å². The van der Waals surface area contributed by atoms with E-state index in [1.807, 2.05) is 31.2 Å². The molecule has 6 heteroatoms. The highest BCUT2D eigenvalue weighted by molar-refractivity contribution is 5.37. The molecule has 1 aromatic carbocycles. The zero-order valence-electron chi connectivity index (χ0n) is 16.8. The van der Waals surface area contributed by atoms with E-state index in [9.17, 15) is 0 Å². The second kappa shape index (κ2) is 8.67. The van der Waals surface area contributed by atoms with E-state index in [1.165, 1.54) is 12.8 Å². The average molecular weight is 380 g/mol. The van der Waals surface area contributed by atoms with E-state index in [1.54, 1.807) is 0 Å². The predicted molar refractivity (Wildman–Crippen MR) is 109 cm³/mol. The number of rotatable bonds is 7. The fraction of sp³-hybridized carbons (Fsp3) is 0.545. The zero-order valence-corrected chi connectivity index (χ0v) is 16.8. The summed E-state index contributed by atoms with van der Waals surface area (Å²) in [6.45, 7) is 6.97. The van der Waals surface area contributed by atoms with Crippen molar-refractivity contribution in [3.8, 4) is 5.75 Å². The maximum Gasteiger partial charge on any atom is 0.151 e. The number of fused-ring (bicyclic) bond motifs is 1. The van der Waals surface area contributed by atoms with Gasteiger partial charge < -0.3 is 9.64 Å². The van der Waals surface area contributed by atoms with Gasteiger partial charge in [-0.3, -0.25) is 9.98 Å². The number of ether oxygens (including phenoxy) is 1. The first-order valence-corrected chi connectivity index (χ1v) is 10.4. The van der Waals surface area contributed by atoms with Crippen molar-refractivity contribution < 1.29 is 4.74 Å². The molecule has 2 aromatic rings. The quantitative estimate of drug-likeness (QED) is 0.742. The lowest BCUT2D eigenvalue weighted by Gasteiger charge is -2.32. The summed E-state index contributed by atoms with van der Waals surface area (Å²) in [4.78, 5) is 11.7. The lowest BCUT2D eigenvalue weighted by molar-refractivity contribution is 0.258. The Labute approximate surface area is 166 Å². The Morgan fingerprint density at radius 1 is 1.00 bits per heavy atom. The zero-order chi connectivity index (χ0) is 19.3. The third kappa shape index (κ3) is 4.49. The van der Waals surface area contributed by atoms with Crippen molar-refractivity contribution in [2.75, 3.05) is 24.6 Å². The van der Waals surface area contributed by atoms with Gasteiger partial charge in [-0.1, -0.05) is 13.3 Å². The molecule has 1 saturated heterocycles. The van der Waals surface area contributed by atoms with Crippen LogP contribution in [0.3, 0.4) is 0 Å². The molecule has 2 aliphatic rings. The summed E-state index contributed by atoms with van der Waals surface area (Å²) in [6, 6.07) is 10.2. The molecule has 1 aromatic heterocycles. The molecule has 6 nitrogen and oxygen atoms in total. The van der Waals surface area contributed by atoms with E-state index in [-0.39, 0.29) is 6.17 Å². The first-order chi connectivity index (χ1) is 13.7. The van der Waals surface area contributed by atoms with Gasteiger partial charge >= 0.3 is 0 Å². The summed E-state index contributed by atoms with van der Waals surface area (Å²) >= 11 is 0. The largest absolute Gasteiger partial charge is 0.494 e. The van der Waals surface area contributed by atoms with Gasteiger partial charge in [-0.15, -0.1) is 5.10 Å². The molecule has 0 N–H and O–H groups in total. The molecular weight excluding hydrogens is 350 g/mol. The molecule has 1 atom stereocenters. The van der Waals surface area contributed by atoms with Crippen LogP contribution in [0, 0.1) is 12.8 Å². The third-order valence-electron chi connectivity index (χ3n) is 5.59. The van der Waals surface area contributed by atoms with Gasteiger partial charge in [-0.2, -0.15) is 5.10 Å². The topological polar surface area (TPSA) is 63.0 Å². The van der Waals surface area contributed by atoms with Crippen LogP contribution in [-0.2, 0) is 0 Å². The number of hydrogen-bond acceptors (Lipinski definition) is 6. The number of nitrogens with zero attached hydrogens (tertiary/aromatic N) is 5. The first-order valence-electron chi connectivity index (χ1n) is 10.4. The molecular formula is C22H29N5O. The molecule has 4 rings (SSSR count). The lowest BCUT2D eigenvalue weighted by atomic mass is 9.94. The van der Waals surface area contributed by atoms with Crippen molar-refractivity contribution in [2.24, 2.45) is 15.9 Å². The van der Waals surface area contributed by atoms with Gasteiger partial charge in [0.25, 0.3) is 0 Å². The molecule has 148 valence electrons. The summed E-state index contributed by atoms with van der Waals surface area (Å²) in [5, 5.41) is 10.5. The van der Waals surface area contributed by atoms with Crippen molar-refractivity contribution in [3.63, 3.8) is 0 Å². The average Bonchev–Trinajstić information content (AvgIpc) is 3.11. The monoisotopic (exact) mass is 379 g/mol. The molecule has 0 saturated carbocycles. The van der Waals surface area contributed by atoms with E-state index in [0.717, 1.165) is 66.9 Å². The van der Waals surface area contributed by atoms with E-state index < -0.39 is 0 Å². The molecule has 1 fully saturated rings. The highest BCUT2D eigenvalue weighted by Crippen LogP contribution is 2.24. The Hall–Kier alpha value is -2.50. The predicted octanol–water partition coefficient (Wildman–Crippen LogP) is 2.85. The molecule has 0 amide bonds. The van der Waals surface area contributed by atoms with Crippen LogP contribution >= 0.6 is 0 Å². The first kappa shape index (κ1) is 18.8. The number of aryl methyl sites for hydroxylation is 1. The fourth-order valence-electron chi connectivity index (χ4n) is 3.90. The molecule has 28 heavy (non-hydrogen) atoms. The van der Waals surface area contributed by atoms with Crippen molar-refractivity contribution in [2.45, 2.75) is 52.1 Å². The molecule has 3 heterocycles. The van der Waals surface area contributed by atoms with Crippen LogP contribution in [0.5, 0.6) is 5.75 Å². The number of hydrogen-bond donors (Lipinski definition) is 0. The maximum absolute atomic E-state index is 6.02. The van der Waals surface area contributed by atoms with Crippen LogP contribution in [0.4, 0.5) is 5.82 Å². The SMILES string of the molecule is CCCC1N=c2ccc(OCCC3CCN(c4ccc(C)nn4)CC3)cc2=N1. The van der Waals surface area contributed by atoms with E-state index in [0.29, 0.717) is 5.92 Å². The van der Waals surface area contributed by atoms with Crippen LogP contribution < -0.4 is 20.4 Å². The molecule has 2 aliphatic heterocycles. The van der Waals surface area contributed by atoms with Crippen molar-refractivity contribution in [1.29, 1.82) is 0 Å². The molecule has 0 spiro atoms. The fourth-order valence-corrected chi connectivity index (χ4v) is 3.90. The Bertz CT molecular complexity index is 904. The van der Waals surface area contributed by atoms with Gasteiger partial charge in [0.15, 0.2) is 5.82 Å². The Morgan fingerprint density at radius 3 is 2.57 bits per heavy atom. The Balaban J connectivity index is 1.24. The molecule has 0 radical (unpaired) electrons. The number of anilines is 1. The third-order valence-corrected chi connectivity index (χ3v) is 5.59. The van der Waals surface area contributed by atoms with Crippen molar-refractivity contribution >= 4 is 5.82 Å². The smallest absolute Gasteiger partial charge is 0.151 e. The van der Waals surface area contributed by atoms with E-state index in [4.69, 9.17) is 4.74 Å². The van der Waals surface area contributed by atoms with Gasteiger partial charge in [0.05, 0.1) is 23.0 Å². The number of benzene rings is 1. The van der Waals surface area contributed by atoms with E-state index >= 15 is 0 Å². The second-order valence-corrected chi connectivity index (χ2v) is 7.78. The van der Waals surface area contributed by atoms with E-state index in [2.05, 4.69) is 38.1 Å². The van der Waals surface area contributed by atoms with Crippen LogP contribution in [0.2, 0.25) is 0 Å². The standard InChI is InChI=1S/C22H29N5O/c1-3-4-21-23-19-7-6-18(15-20(19)24-21)28-14-11-17-9-12-27(13-10-17)22-8-5-16(2)25-26-22/h5-8,15,17,21H,3-4,9-14H2,1-2H3. The minimum atomic E-state index is 0.0960. The molecule has 1 unspecified atom stereocenters. The van der Waals surface area contributed by atoms with Crippen molar-refractivity contribution in [3.05, 3.63) is 46.7 Å². The summed E-state index contributed by atoms with van der Waals surface area (Å²) in [7, 11) is 0. The second-order valence-electron chi connectivity index (χ2n) is 7.78. The maximum atomic E-state index is 6.02. The van der Waals surface area contributed by atoms with Gasteiger partial charge in [-0.05, 0) is 62.8 Å². The summed E-state index contributed by atoms with van der Waals surface area (Å²) in [5.41, 5.74) is 0.963. The molecule has 0 aliphatic carbocycles. The Kier molecular flexibility index (Phi) is 5.84. The summed E-state index contributed by atoms with van der Waals surface area (Å²) < 4.78 is 6.02. The normalized spacial score (nSPS) is 19.1. The summed E-state index contributed by atoms with van der Waals surface area (Å²) in [5.74, 6) is 2.61. The summed E-state index contributed by atoms with van der Waals surface area (Å²) in [6.07, 6.45) is 5.65. The van der Waals surface area contributed by atoms with Crippen LogP contribution in [0.25, 0.3) is 0 Å². The minimum absolute atomic E-state index is 0.0960.